The Hall–Kier alpha value is -1.82. The lowest BCUT2D eigenvalue weighted by atomic mass is 10.2. The van der Waals surface area contributed by atoms with Gasteiger partial charge in [-0.15, -0.1) is 0 Å². The summed E-state index contributed by atoms with van der Waals surface area (Å²) in [4.78, 5) is 10.2. The highest BCUT2D eigenvalue weighted by Crippen LogP contribution is 2.35. The summed E-state index contributed by atoms with van der Waals surface area (Å²) >= 11 is 5.84. The molecule has 0 amide bonds. The first kappa shape index (κ1) is 13.2. The van der Waals surface area contributed by atoms with Crippen LogP contribution in [0.5, 0.6) is 5.75 Å². The molecule has 92 valence electrons. The third-order valence-electron chi connectivity index (χ3n) is 2.12. The summed E-state index contributed by atoms with van der Waals surface area (Å²) in [6.07, 6.45) is -0.286. The molecule has 1 unspecified atom stereocenters. The number of nitrogens with one attached hydrogen (secondary N) is 1. The van der Waals surface area contributed by atoms with Crippen molar-refractivity contribution in [2.24, 2.45) is 5.73 Å². The second-order valence-corrected chi connectivity index (χ2v) is 3.72. The van der Waals surface area contributed by atoms with Crippen LogP contribution in [-0.4, -0.2) is 16.9 Å². The molecule has 1 rings (SSSR count). The Morgan fingerprint density at radius 3 is 2.82 bits per heavy atom. The number of nitrogens with two attached hydrogens (primary N) is 1. The van der Waals surface area contributed by atoms with E-state index in [0.717, 1.165) is 0 Å². The lowest BCUT2D eigenvalue weighted by Gasteiger charge is -2.16. The molecule has 0 radical (unpaired) electrons. The molecule has 7 heteroatoms. The van der Waals surface area contributed by atoms with E-state index in [1.54, 1.807) is 6.92 Å². The summed E-state index contributed by atoms with van der Waals surface area (Å²) in [7, 11) is 0. The maximum absolute atomic E-state index is 10.8. The van der Waals surface area contributed by atoms with Crippen LogP contribution in [0.1, 0.15) is 13.3 Å². The van der Waals surface area contributed by atoms with Gasteiger partial charge in [-0.1, -0.05) is 24.6 Å². The maximum Gasteiger partial charge on any atom is 0.312 e. The van der Waals surface area contributed by atoms with Gasteiger partial charge in [-0.25, -0.2) is 0 Å². The van der Waals surface area contributed by atoms with Crippen LogP contribution in [0.25, 0.3) is 0 Å². The summed E-state index contributed by atoms with van der Waals surface area (Å²) in [6, 6.07) is 4.23. The summed E-state index contributed by atoms with van der Waals surface area (Å²) in [5, 5.41) is 18.2. The molecule has 17 heavy (non-hydrogen) atoms. The molecule has 0 aliphatic carbocycles. The molecule has 0 spiro atoms. The fraction of sp³-hybridized carbons (Fsp3) is 0.300. The number of hydrogen-bond acceptors (Lipinski definition) is 4. The topological polar surface area (TPSA) is 102 Å². The third kappa shape index (κ3) is 3.07. The number of hydrogen-bond donors (Lipinski definition) is 2. The number of benzene rings is 1. The second kappa shape index (κ2) is 5.49. The normalized spacial score (nSPS) is 11.9. The molecule has 6 nitrogen and oxygen atoms in total. The highest BCUT2D eigenvalue weighted by molar-refractivity contribution is 6.32. The fourth-order valence-electron chi connectivity index (χ4n) is 1.27. The van der Waals surface area contributed by atoms with E-state index in [2.05, 4.69) is 0 Å². The molecule has 0 fully saturated rings. The molecule has 1 aromatic carbocycles. The molecule has 0 bridgehead atoms. The Bertz CT molecular complexity index is 450. The molecule has 1 atom stereocenters. The minimum atomic E-state index is -0.714. The molecule has 0 saturated heterocycles. The number of halogens is 1. The Morgan fingerprint density at radius 2 is 2.35 bits per heavy atom. The molecule has 0 aliphatic heterocycles. The number of para-hydroxylation sites is 1. The van der Waals surface area contributed by atoms with E-state index in [0.29, 0.717) is 6.42 Å². The van der Waals surface area contributed by atoms with Crippen molar-refractivity contribution >= 4 is 23.1 Å². The number of nitro groups is 1. The fourth-order valence-corrected chi connectivity index (χ4v) is 1.48. The summed E-state index contributed by atoms with van der Waals surface area (Å²) < 4.78 is 5.33. The van der Waals surface area contributed by atoms with Gasteiger partial charge < -0.3 is 10.5 Å². The Labute approximate surface area is 103 Å². The summed E-state index contributed by atoms with van der Waals surface area (Å²) in [6.45, 7) is 1.76. The zero-order valence-corrected chi connectivity index (χ0v) is 9.90. The van der Waals surface area contributed by atoms with E-state index in [9.17, 15) is 10.1 Å². The van der Waals surface area contributed by atoms with Gasteiger partial charge in [0.25, 0.3) is 0 Å². The molecule has 1 aromatic rings. The molecule has 0 aromatic heterocycles. The largest absolute Gasteiger partial charge is 0.474 e. The number of ether oxygens (including phenoxy) is 1. The monoisotopic (exact) mass is 257 g/mol. The van der Waals surface area contributed by atoms with Crippen LogP contribution < -0.4 is 10.5 Å². The van der Waals surface area contributed by atoms with E-state index in [1.165, 1.54) is 18.2 Å². The average molecular weight is 258 g/mol. The minimum Gasteiger partial charge on any atom is -0.474 e. The smallest absolute Gasteiger partial charge is 0.312 e. The van der Waals surface area contributed by atoms with Crippen molar-refractivity contribution in [3.63, 3.8) is 0 Å². The molecule has 0 aliphatic rings. The van der Waals surface area contributed by atoms with Gasteiger partial charge in [0.1, 0.15) is 5.84 Å². The predicted molar refractivity (Wildman–Crippen MR) is 64.7 cm³/mol. The van der Waals surface area contributed by atoms with E-state index in [4.69, 9.17) is 27.5 Å². The number of nitro benzene ring substituents is 1. The van der Waals surface area contributed by atoms with Crippen LogP contribution >= 0.6 is 11.6 Å². The molecule has 3 N–H and O–H groups in total. The zero-order valence-electron chi connectivity index (χ0n) is 9.14. The molecular formula is C10H12ClN3O3. The van der Waals surface area contributed by atoms with Gasteiger partial charge in [-0.2, -0.15) is 0 Å². The van der Waals surface area contributed by atoms with E-state index in [1.807, 2.05) is 0 Å². The second-order valence-electron chi connectivity index (χ2n) is 3.32. The van der Waals surface area contributed by atoms with Crippen molar-refractivity contribution < 1.29 is 9.66 Å². The first-order valence-electron chi connectivity index (χ1n) is 4.90. The first-order valence-corrected chi connectivity index (χ1v) is 5.28. The molecule has 0 heterocycles. The van der Waals surface area contributed by atoms with E-state index in [-0.39, 0.29) is 22.3 Å². The van der Waals surface area contributed by atoms with E-state index >= 15 is 0 Å². The zero-order chi connectivity index (χ0) is 13.0. The summed E-state index contributed by atoms with van der Waals surface area (Å²) in [5.41, 5.74) is 5.08. The van der Waals surface area contributed by atoms with Gasteiger partial charge in [0.2, 0.25) is 5.75 Å². The standard InChI is InChI=1S/C10H12ClN3O3/c1-2-8(10(12)13)17-9-6(11)4-3-5-7(9)14(15)16/h3-5,8H,2H2,1H3,(H3,12,13). The maximum atomic E-state index is 10.8. The van der Waals surface area contributed by atoms with Crippen LogP contribution in [0.3, 0.4) is 0 Å². The van der Waals surface area contributed by atoms with Crippen LogP contribution in [0, 0.1) is 15.5 Å². The summed E-state index contributed by atoms with van der Waals surface area (Å²) in [5.74, 6) is -0.247. The van der Waals surface area contributed by atoms with Gasteiger partial charge >= 0.3 is 5.69 Å². The highest BCUT2D eigenvalue weighted by Gasteiger charge is 2.22. The van der Waals surface area contributed by atoms with Gasteiger partial charge in [0.05, 0.1) is 9.95 Å². The highest BCUT2D eigenvalue weighted by atomic mass is 35.5. The molecular weight excluding hydrogens is 246 g/mol. The Morgan fingerprint density at radius 1 is 1.71 bits per heavy atom. The quantitative estimate of drug-likeness (QED) is 0.366. The Kier molecular flexibility index (Phi) is 4.28. The molecule has 0 saturated carbocycles. The first-order chi connectivity index (χ1) is 7.97. The van der Waals surface area contributed by atoms with Crippen LogP contribution in [0.4, 0.5) is 5.69 Å². The van der Waals surface area contributed by atoms with Gasteiger partial charge in [-0.05, 0) is 12.5 Å². The van der Waals surface area contributed by atoms with Crippen molar-refractivity contribution in [1.29, 1.82) is 5.41 Å². The van der Waals surface area contributed by atoms with Gasteiger partial charge in [0.15, 0.2) is 6.10 Å². The van der Waals surface area contributed by atoms with Crippen molar-refractivity contribution in [3.8, 4) is 5.75 Å². The van der Waals surface area contributed by atoms with Crippen molar-refractivity contribution in [1.82, 2.24) is 0 Å². The lowest BCUT2D eigenvalue weighted by Crippen LogP contribution is -2.32. The number of amidine groups is 1. The van der Waals surface area contributed by atoms with Crippen molar-refractivity contribution in [2.45, 2.75) is 19.4 Å². The van der Waals surface area contributed by atoms with Crippen LogP contribution in [0.2, 0.25) is 5.02 Å². The number of nitrogens with zero attached hydrogens (tertiary/aromatic N) is 1. The van der Waals surface area contributed by atoms with Gasteiger partial charge in [-0.3, -0.25) is 15.5 Å². The SMILES string of the molecule is CCC(Oc1c(Cl)cccc1[N+](=O)[O-])C(=N)N. The van der Waals surface area contributed by atoms with E-state index < -0.39 is 11.0 Å². The average Bonchev–Trinajstić information content (AvgIpc) is 2.26. The number of rotatable bonds is 5. The van der Waals surface area contributed by atoms with Crippen molar-refractivity contribution in [3.05, 3.63) is 33.3 Å². The third-order valence-corrected chi connectivity index (χ3v) is 2.42. The lowest BCUT2D eigenvalue weighted by molar-refractivity contribution is -0.386. The predicted octanol–water partition coefficient (Wildman–Crippen LogP) is 2.34. The van der Waals surface area contributed by atoms with Crippen LogP contribution in [-0.2, 0) is 0 Å². The van der Waals surface area contributed by atoms with Crippen LogP contribution in [0.15, 0.2) is 18.2 Å². The minimum absolute atomic E-state index is 0.0544. The van der Waals surface area contributed by atoms with Gasteiger partial charge in [0, 0.05) is 6.07 Å². The van der Waals surface area contributed by atoms with Crippen molar-refractivity contribution in [2.75, 3.05) is 0 Å². The Balaban J connectivity index is 3.12.